The second kappa shape index (κ2) is 8.21. The van der Waals surface area contributed by atoms with Gasteiger partial charge in [-0.15, -0.1) is 0 Å². The Morgan fingerprint density at radius 1 is 1.11 bits per heavy atom. The van der Waals surface area contributed by atoms with Crippen molar-refractivity contribution < 1.29 is 4.74 Å². The first-order valence-electron chi connectivity index (χ1n) is 7.53. The van der Waals surface area contributed by atoms with Crippen LogP contribution in [-0.4, -0.2) is 12.6 Å². The van der Waals surface area contributed by atoms with E-state index in [4.69, 9.17) is 4.74 Å². The SMILES string of the molecule is CCCC(C)CNC(C)c1ccccc1OC(C)C. The van der Waals surface area contributed by atoms with Crippen LogP contribution in [0.5, 0.6) is 5.75 Å². The van der Waals surface area contributed by atoms with E-state index in [0.29, 0.717) is 6.04 Å². The molecule has 0 spiro atoms. The zero-order valence-electron chi connectivity index (χ0n) is 13.1. The first kappa shape index (κ1) is 16.0. The van der Waals surface area contributed by atoms with Gasteiger partial charge in [0.25, 0.3) is 0 Å². The largest absolute Gasteiger partial charge is 0.491 e. The highest BCUT2D eigenvalue weighted by atomic mass is 16.5. The second-order valence-electron chi connectivity index (χ2n) is 5.73. The first-order valence-corrected chi connectivity index (χ1v) is 7.53. The van der Waals surface area contributed by atoms with Gasteiger partial charge in [0.05, 0.1) is 6.10 Å². The Morgan fingerprint density at radius 2 is 1.79 bits per heavy atom. The van der Waals surface area contributed by atoms with Crippen molar-refractivity contribution in [2.24, 2.45) is 5.92 Å². The second-order valence-corrected chi connectivity index (χ2v) is 5.73. The van der Waals surface area contributed by atoms with Crippen LogP contribution in [0.3, 0.4) is 0 Å². The Hall–Kier alpha value is -1.02. The third-order valence-corrected chi connectivity index (χ3v) is 3.30. The Kier molecular flexibility index (Phi) is 6.93. The normalized spacial score (nSPS) is 14.4. The summed E-state index contributed by atoms with van der Waals surface area (Å²) in [5.41, 5.74) is 1.25. The lowest BCUT2D eigenvalue weighted by Gasteiger charge is -2.21. The van der Waals surface area contributed by atoms with Crippen LogP contribution in [0.4, 0.5) is 0 Å². The summed E-state index contributed by atoms with van der Waals surface area (Å²) < 4.78 is 5.88. The Morgan fingerprint density at radius 3 is 2.42 bits per heavy atom. The number of hydrogen-bond donors (Lipinski definition) is 1. The first-order chi connectivity index (χ1) is 9.04. The number of para-hydroxylation sites is 1. The van der Waals surface area contributed by atoms with Crippen LogP contribution in [0.2, 0.25) is 0 Å². The fourth-order valence-corrected chi connectivity index (χ4v) is 2.28. The minimum Gasteiger partial charge on any atom is -0.491 e. The minimum atomic E-state index is 0.215. The Bertz CT molecular complexity index is 362. The molecule has 0 aromatic heterocycles. The summed E-state index contributed by atoms with van der Waals surface area (Å²) in [6, 6.07) is 8.65. The van der Waals surface area contributed by atoms with E-state index >= 15 is 0 Å². The van der Waals surface area contributed by atoms with Gasteiger partial charge in [0.2, 0.25) is 0 Å². The maximum Gasteiger partial charge on any atom is 0.124 e. The summed E-state index contributed by atoms with van der Waals surface area (Å²) in [6.45, 7) is 12.0. The molecule has 2 nitrogen and oxygen atoms in total. The van der Waals surface area contributed by atoms with Gasteiger partial charge in [0.15, 0.2) is 0 Å². The molecule has 108 valence electrons. The molecular formula is C17H29NO. The van der Waals surface area contributed by atoms with E-state index in [9.17, 15) is 0 Å². The van der Waals surface area contributed by atoms with Gasteiger partial charge in [-0.3, -0.25) is 0 Å². The van der Waals surface area contributed by atoms with Crippen LogP contribution in [0.15, 0.2) is 24.3 Å². The minimum absolute atomic E-state index is 0.215. The molecule has 0 aliphatic carbocycles. The number of hydrogen-bond acceptors (Lipinski definition) is 2. The zero-order valence-corrected chi connectivity index (χ0v) is 13.1. The fourth-order valence-electron chi connectivity index (χ4n) is 2.28. The van der Waals surface area contributed by atoms with Gasteiger partial charge in [0, 0.05) is 11.6 Å². The van der Waals surface area contributed by atoms with Gasteiger partial charge in [-0.05, 0) is 45.7 Å². The standard InChI is InChI=1S/C17H29NO/c1-6-9-14(4)12-18-15(5)16-10-7-8-11-17(16)19-13(2)3/h7-8,10-11,13-15,18H,6,9,12H2,1-5H3. The van der Waals surface area contributed by atoms with E-state index in [1.54, 1.807) is 0 Å². The van der Waals surface area contributed by atoms with E-state index in [1.807, 2.05) is 6.07 Å². The molecule has 0 saturated carbocycles. The molecule has 0 fully saturated rings. The fraction of sp³-hybridized carbons (Fsp3) is 0.647. The summed E-state index contributed by atoms with van der Waals surface area (Å²) in [5.74, 6) is 1.73. The van der Waals surface area contributed by atoms with Crippen molar-refractivity contribution in [1.29, 1.82) is 0 Å². The van der Waals surface area contributed by atoms with Gasteiger partial charge in [0.1, 0.15) is 5.75 Å². The van der Waals surface area contributed by atoms with Crippen LogP contribution in [0, 0.1) is 5.92 Å². The maximum atomic E-state index is 5.88. The van der Waals surface area contributed by atoms with E-state index in [1.165, 1.54) is 18.4 Å². The van der Waals surface area contributed by atoms with E-state index in [2.05, 4.69) is 58.1 Å². The van der Waals surface area contributed by atoms with E-state index in [-0.39, 0.29) is 6.10 Å². The third-order valence-electron chi connectivity index (χ3n) is 3.30. The topological polar surface area (TPSA) is 21.3 Å². The molecule has 0 saturated heterocycles. The van der Waals surface area contributed by atoms with Crippen LogP contribution < -0.4 is 10.1 Å². The lowest BCUT2D eigenvalue weighted by atomic mass is 10.0. The number of rotatable bonds is 8. The van der Waals surface area contributed by atoms with E-state index in [0.717, 1.165) is 18.2 Å². The molecule has 1 aromatic rings. The van der Waals surface area contributed by atoms with Gasteiger partial charge in [-0.2, -0.15) is 0 Å². The molecule has 1 N–H and O–H groups in total. The van der Waals surface area contributed by atoms with Crippen LogP contribution in [0.1, 0.15) is 59.1 Å². The van der Waals surface area contributed by atoms with Crippen molar-refractivity contribution >= 4 is 0 Å². The number of benzene rings is 1. The maximum absolute atomic E-state index is 5.88. The Balaban J connectivity index is 2.63. The number of ether oxygens (including phenoxy) is 1. The summed E-state index contributed by atoms with van der Waals surface area (Å²) in [4.78, 5) is 0. The highest BCUT2D eigenvalue weighted by molar-refractivity contribution is 5.35. The van der Waals surface area contributed by atoms with Crippen LogP contribution in [-0.2, 0) is 0 Å². The average Bonchev–Trinajstić information content (AvgIpc) is 2.36. The Labute approximate surface area is 118 Å². The lowest BCUT2D eigenvalue weighted by molar-refractivity contribution is 0.237. The predicted molar refractivity (Wildman–Crippen MR) is 82.7 cm³/mol. The number of nitrogens with one attached hydrogen (secondary N) is 1. The van der Waals surface area contributed by atoms with Crippen molar-refractivity contribution in [3.05, 3.63) is 29.8 Å². The highest BCUT2D eigenvalue weighted by Gasteiger charge is 2.12. The average molecular weight is 263 g/mol. The van der Waals surface area contributed by atoms with Gasteiger partial charge >= 0.3 is 0 Å². The summed E-state index contributed by atoms with van der Waals surface area (Å²) >= 11 is 0. The van der Waals surface area contributed by atoms with Gasteiger partial charge in [-0.25, -0.2) is 0 Å². The monoisotopic (exact) mass is 263 g/mol. The molecule has 1 rings (SSSR count). The molecule has 2 heteroatoms. The van der Waals surface area contributed by atoms with Crippen LogP contribution >= 0.6 is 0 Å². The molecule has 2 atom stereocenters. The molecule has 1 aromatic carbocycles. The third kappa shape index (κ3) is 5.65. The predicted octanol–water partition coefficient (Wildman–Crippen LogP) is 4.56. The highest BCUT2D eigenvalue weighted by Crippen LogP contribution is 2.25. The lowest BCUT2D eigenvalue weighted by Crippen LogP contribution is -2.25. The molecule has 0 radical (unpaired) electrons. The molecule has 2 unspecified atom stereocenters. The van der Waals surface area contributed by atoms with Crippen LogP contribution in [0.25, 0.3) is 0 Å². The molecule has 19 heavy (non-hydrogen) atoms. The van der Waals surface area contributed by atoms with Crippen molar-refractivity contribution in [3.8, 4) is 5.75 Å². The molecule has 0 amide bonds. The van der Waals surface area contributed by atoms with Crippen molar-refractivity contribution in [3.63, 3.8) is 0 Å². The molecular weight excluding hydrogens is 234 g/mol. The van der Waals surface area contributed by atoms with Gasteiger partial charge < -0.3 is 10.1 Å². The smallest absolute Gasteiger partial charge is 0.124 e. The van der Waals surface area contributed by atoms with Crippen molar-refractivity contribution in [2.45, 2.75) is 59.6 Å². The molecule has 0 heterocycles. The zero-order chi connectivity index (χ0) is 14.3. The van der Waals surface area contributed by atoms with Gasteiger partial charge in [-0.1, -0.05) is 38.5 Å². The molecule has 0 aliphatic rings. The summed E-state index contributed by atoms with van der Waals surface area (Å²) in [6.07, 6.45) is 2.75. The molecule has 0 bridgehead atoms. The molecule has 0 aliphatic heterocycles. The van der Waals surface area contributed by atoms with E-state index < -0.39 is 0 Å². The summed E-state index contributed by atoms with van der Waals surface area (Å²) in [7, 11) is 0. The quantitative estimate of drug-likeness (QED) is 0.742. The summed E-state index contributed by atoms with van der Waals surface area (Å²) in [5, 5.41) is 3.62. The van der Waals surface area contributed by atoms with Crippen molar-refractivity contribution in [2.75, 3.05) is 6.54 Å². The van der Waals surface area contributed by atoms with Crippen molar-refractivity contribution in [1.82, 2.24) is 5.32 Å².